The maximum atomic E-state index is 14.7. The normalized spacial score (nSPS) is 11.8. The van der Waals surface area contributed by atoms with E-state index in [9.17, 15) is 18.0 Å². The predicted octanol–water partition coefficient (Wildman–Crippen LogP) is 6.23. The van der Waals surface area contributed by atoms with Crippen LogP contribution in [0.25, 0.3) is 0 Å². The van der Waals surface area contributed by atoms with Crippen molar-refractivity contribution in [3.63, 3.8) is 0 Å². The lowest BCUT2D eigenvalue weighted by atomic mass is 10.0. The van der Waals surface area contributed by atoms with Crippen LogP contribution in [0, 0.1) is 0 Å². The molecule has 1 unspecified atom stereocenters. The number of benzene rings is 4. The summed E-state index contributed by atoms with van der Waals surface area (Å²) in [6.07, 6.45) is 0.213. The lowest BCUT2D eigenvalue weighted by Crippen LogP contribution is -2.54. The summed E-state index contributed by atoms with van der Waals surface area (Å²) in [6.45, 7) is 5.43. The van der Waals surface area contributed by atoms with Gasteiger partial charge in [-0.1, -0.05) is 58.4 Å². The highest BCUT2D eigenvalue weighted by Gasteiger charge is 2.35. The van der Waals surface area contributed by atoms with Gasteiger partial charge in [-0.05, 0) is 80.4 Å². The highest BCUT2D eigenvalue weighted by molar-refractivity contribution is 9.10. The third-order valence-electron chi connectivity index (χ3n) is 7.60. The van der Waals surface area contributed by atoms with Gasteiger partial charge in [0, 0.05) is 29.5 Å². The zero-order chi connectivity index (χ0) is 35.6. The van der Waals surface area contributed by atoms with Crippen LogP contribution in [-0.4, -0.2) is 64.6 Å². The van der Waals surface area contributed by atoms with Crippen molar-refractivity contribution in [1.82, 2.24) is 10.2 Å². The largest absolute Gasteiger partial charge is 0.494 e. The molecule has 0 aliphatic heterocycles. The topological polar surface area (TPSA) is 114 Å². The van der Waals surface area contributed by atoms with Gasteiger partial charge in [-0.2, -0.15) is 0 Å². The minimum Gasteiger partial charge on any atom is -0.494 e. The minimum atomic E-state index is -4.37. The fourth-order valence-electron chi connectivity index (χ4n) is 5.27. The van der Waals surface area contributed by atoms with Crippen molar-refractivity contribution in [2.24, 2.45) is 0 Å². The summed E-state index contributed by atoms with van der Waals surface area (Å²) in [7, 11) is -1.50. The minimum absolute atomic E-state index is 0.0504. The van der Waals surface area contributed by atoms with Gasteiger partial charge in [0.05, 0.1) is 31.4 Å². The molecule has 12 heteroatoms. The van der Waals surface area contributed by atoms with E-state index in [4.69, 9.17) is 14.2 Å². The number of carbonyl (C=O) groups excluding carboxylic acids is 2. The molecule has 0 fully saturated rings. The molecule has 10 nitrogen and oxygen atoms in total. The number of hydrogen-bond donors (Lipinski definition) is 1. The Hall–Kier alpha value is -4.55. The van der Waals surface area contributed by atoms with E-state index < -0.39 is 28.5 Å². The van der Waals surface area contributed by atoms with Crippen LogP contribution >= 0.6 is 15.9 Å². The molecule has 0 heterocycles. The summed E-state index contributed by atoms with van der Waals surface area (Å²) >= 11 is 3.50. The standard InChI is InChI=1S/C37H42BrN3O7S/c1-6-48-31-17-15-30(16-18-31)41(49(44,45)32-19-20-34(46-4)35(23-32)47-5)25-36(42)40(24-28-13-10-14-29(38)21-28)33(37(43)39-26(2)3)22-27-11-8-7-9-12-27/h7-21,23,26,33H,6,22,24-25H2,1-5H3,(H,39,43). The van der Waals surface area contributed by atoms with Gasteiger partial charge in [0.1, 0.15) is 18.3 Å². The first-order chi connectivity index (χ1) is 23.5. The molecule has 49 heavy (non-hydrogen) atoms. The van der Waals surface area contributed by atoms with E-state index in [1.165, 1.54) is 37.3 Å². The van der Waals surface area contributed by atoms with E-state index in [1.54, 1.807) is 24.3 Å². The molecule has 260 valence electrons. The van der Waals surface area contributed by atoms with Crippen molar-refractivity contribution in [2.45, 2.75) is 50.7 Å². The molecule has 0 aliphatic rings. The number of rotatable bonds is 16. The third kappa shape index (κ3) is 9.76. The Morgan fingerprint density at radius 3 is 2.12 bits per heavy atom. The van der Waals surface area contributed by atoms with Crippen LogP contribution in [0.15, 0.2) is 106 Å². The van der Waals surface area contributed by atoms with Gasteiger partial charge in [0.15, 0.2) is 11.5 Å². The summed E-state index contributed by atoms with van der Waals surface area (Å²) in [4.78, 5) is 29.9. The van der Waals surface area contributed by atoms with Gasteiger partial charge in [0.2, 0.25) is 11.8 Å². The lowest BCUT2D eigenvalue weighted by molar-refractivity contribution is -0.140. The molecule has 0 saturated heterocycles. The molecule has 4 rings (SSSR count). The van der Waals surface area contributed by atoms with Crippen molar-refractivity contribution in [2.75, 3.05) is 31.7 Å². The highest BCUT2D eigenvalue weighted by Crippen LogP contribution is 2.33. The Bertz CT molecular complexity index is 1820. The summed E-state index contributed by atoms with van der Waals surface area (Å²) in [6, 6.07) is 26.4. The lowest BCUT2D eigenvalue weighted by Gasteiger charge is -2.34. The summed E-state index contributed by atoms with van der Waals surface area (Å²) in [5, 5.41) is 2.96. The number of halogens is 1. The Balaban J connectivity index is 1.84. The Kier molecular flexibility index (Phi) is 13.1. The molecule has 4 aromatic carbocycles. The van der Waals surface area contributed by atoms with Gasteiger partial charge in [-0.15, -0.1) is 0 Å². The van der Waals surface area contributed by atoms with Crippen molar-refractivity contribution in [3.8, 4) is 17.2 Å². The van der Waals surface area contributed by atoms with Crippen molar-refractivity contribution >= 4 is 43.5 Å². The van der Waals surface area contributed by atoms with Gasteiger partial charge in [-0.3, -0.25) is 13.9 Å². The van der Waals surface area contributed by atoms with E-state index in [1.807, 2.05) is 75.4 Å². The van der Waals surface area contributed by atoms with E-state index in [2.05, 4.69) is 21.2 Å². The molecule has 2 amide bonds. The molecule has 0 aromatic heterocycles. The van der Waals surface area contributed by atoms with Gasteiger partial charge < -0.3 is 24.4 Å². The number of ether oxygens (including phenoxy) is 3. The molecular formula is C37H42BrN3O7S. The van der Waals surface area contributed by atoms with Crippen LogP contribution < -0.4 is 23.8 Å². The first-order valence-electron chi connectivity index (χ1n) is 15.8. The molecule has 0 aliphatic carbocycles. The predicted molar refractivity (Wildman–Crippen MR) is 194 cm³/mol. The zero-order valence-electron chi connectivity index (χ0n) is 28.3. The number of sulfonamides is 1. The quantitative estimate of drug-likeness (QED) is 0.145. The SMILES string of the molecule is CCOc1ccc(N(CC(=O)N(Cc2cccc(Br)c2)C(Cc2ccccc2)C(=O)NC(C)C)S(=O)(=O)c2ccc(OC)c(OC)c2)cc1. The smallest absolute Gasteiger partial charge is 0.264 e. The first-order valence-corrected chi connectivity index (χ1v) is 18.1. The molecule has 0 spiro atoms. The number of amides is 2. The Morgan fingerprint density at radius 1 is 0.837 bits per heavy atom. The van der Waals surface area contributed by atoms with Gasteiger partial charge in [-0.25, -0.2) is 8.42 Å². The number of hydrogen-bond acceptors (Lipinski definition) is 7. The summed E-state index contributed by atoms with van der Waals surface area (Å²) < 4.78 is 47.1. The molecule has 4 aromatic rings. The summed E-state index contributed by atoms with van der Waals surface area (Å²) in [5.41, 5.74) is 1.84. The number of nitrogens with zero attached hydrogens (tertiary/aromatic N) is 2. The van der Waals surface area contributed by atoms with Crippen LogP contribution in [0.2, 0.25) is 0 Å². The molecule has 1 atom stereocenters. The maximum Gasteiger partial charge on any atom is 0.264 e. The van der Waals surface area contributed by atoms with E-state index in [-0.39, 0.29) is 41.2 Å². The van der Waals surface area contributed by atoms with Crippen LogP contribution in [0.5, 0.6) is 17.2 Å². The number of nitrogens with one attached hydrogen (secondary N) is 1. The van der Waals surface area contributed by atoms with Crippen molar-refractivity contribution in [1.29, 1.82) is 0 Å². The molecule has 0 bridgehead atoms. The highest BCUT2D eigenvalue weighted by atomic mass is 79.9. The second kappa shape index (κ2) is 17.2. The van der Waals surface area contributed by atoms with E-state index in [0.29, 0.717) is 18.1 Å². The maximum absolute atomic E-state index is 14.7. The third-order valence-corrected chi connectivity index (χ3v) is 9.86. The van der Waals surface area contributed by atoms with Crippen LogP contribution in [0.4, 0.5) is 5.69 Å². The van der Waals surface area contributed by atoms with Crippen molar-refractivity contribution in [3.05, 3.63) is 113 Å². The van der Waals surface area contributed by atoms with Crippen LogP contribution in [0.3, 0.4) is 0 Å². The number of anilines is 1. The van der Waals surface area contributed by atoms with E-state index >= 15 is 0 Å². The fraction of sp³-hybridized carbons (Fsp3) is 0.297. The molecular weight excluding hydrogens is 710 g/mol. The summed E-state index contributed by atoms with van der Waals surface area (Å²) in [5.74, 6) is 0.192. The Labute approximate surface area is 297 Å². The van der Waals surface area contributed by atoms with Gasteiger partial charge in [0.25, 0.3) is 10.0 Å². The van der Waals surface area contributed by atoms with Gasteiger partial charge >= 0.3 is 0 Å². The van der Waals surface area contributed by atoms with Crippen molar-refractivity contribution < 1.29 is 32.2 Å². The average molecular weight is 753 g/mol. The van der Waals surface area contributed by atoms with Crippen LogP contribution in [0.1, 0.15) is 31.9 Å². The number of carbonyl (C=O) groups is 2. The van der Waals surface area contributed by atoms with E-state index in [0.717, 1.165) is 19.9 Å². The first kappa shape index (κ1) is 37.3. The molecule has 0 saturated carbocycles. The molecule has 1 N–H and O–H groups in total. The second-order valence-electron chi connectivity index (χ2n) is 11.5. The fourth-order valence-corrected chi connectivity index (χ4v) is 7.15. The zero-order valence-corrected chi connectivity index (χ0v) is 30.7. The Morgan fingerprint density at radius 2 is 1.51 bits per heavy atom. The number of methoxy groups -OCH3 is 2. The second-order valence-corrected chi connectivity index (χ2v) is 14.3. The monoisotopic (exact) mass is 751 g/mol. The van der Waals surface area contributed by atoms with Crippen LogP contribution in [-0.2, 0) is 32.6 Å². The average Bonchev–Trinajstić information content (AvgIpc) is 3.09. The molecule has 0 radical (unpaired) electrons.